The van der Waals surface area contributed by atoms with Crippen LogP contribution in [0.5, 0.6) is 6.01 Å². The summed E-state index contributed by atoms with van der Waals surface area (Å²) in [4.78, 5) is 11.2. The van der Waals surface area contributed by atoms with Gasteiger partial charge in [-0.15, -0.1) is 0 Å². The molecule has 7 heteroatoms. The van der Waals surface area contributed by atoms with Crippen molar-refractivity contribution in [1.29, 1.82) is 0 Å². The van der Waals surface area contributed by atoms with Gasteiger partial charge >= 0.3 is 6.01 Å². The predicted molar refractivity (Wildman–Crippen MR) is 43.2 cm³/mol. The summed E-state index contributed by atoms with van der Waals surface area (Å²) in [6.07, 6.45) is 0. The van der Waals surface area contributed by atoms with Crippen LogP contribution in [-0.2, 0) is 0 Å². The van der Waals surface area contributed by atoms with Crippen molar-refractivity contribution < 1.29 is 4.74 Å². The summed E-state index contributed by atoms with van der Waals surface area (Å²) in [5.41, 5.74) is 7.57. The van der Waals surface area contributed by atoms with Crippen molar-refractivity contribution in [2.75, 3.05) is 17.8 Å². The molecule has 0 fully saturated rings. The van der Waals surface area contributed by atoms with E-state index >= 15 is 0 Å². The lowest BCUT2D eigenvalue weighted by molar-refractivity contribution is 0.312. The fraction of sp³-hybridized carbons (Fsp3) is 0.400. The van der Waals surface area contributed by atoms with Crippen molar-refractivity contribution in [3.63, 3.8) is 0 Å². The smallest absolute Gasteiger partial charge is 0.323 e. The second-order valence-electron chi connectivity index (χ2n) is 1.88. The van der Waals surface area contributed by atoms with Gasteiger partial charge in [0, 0.05) is 0 Å². The first-order valence-corrected chi connectivity index (χ1v) is 3.37. The van der Waals surface area contributed by atoms with E-state index in [-0.39, 0.29) is 17.9 Å². The van der Waals surface area contributed by atoms with E-state index in [1.54, 1.807) is 0 Å². The van der Waals surface area contributed by atoms with E-state index in [4.69, 9.17) is 16.3 Å². The van der Waals surface area contributed by atoms with Crippen molar-refractivity contribution in [3.8, 4) is 6.01 Å². The highest BCUT2D eigenvalue weighted by atomic mass is 16.5. The molecule has 0 atom stereocenters. The molecule has 0 unspecified atom stereocenters. The van der Waals surface area contributed by atoms with Crippen LogP contribution >= 0.6 is 0 Å². The Morgan fingerprint density at radius 2 is 2.17 bits per heavy atom. The van der Waals surface area contributed by atoms with Gasteiger partial charge in [-0.1, -0.05) is 0 Å². The van der Waals surface area contributed by atoms with E-state index in [9.17, 15) is 0 Å². The van der Waals surface area contributed by atoms with Gasteiger partial charge < -0.3 is 10.5 Å². The summed E-state index contributed by atoms with van der Waals surface area (Å²) in [5.74, 6) is 5.33. The molecule has 0 radical (unpaired) electrons. The minimum atomic E-state index is 0.0707. The summed E-state index contributed by atoms with van der Waals surface area (Å²) in [6, 6.07) is 0.165. The van der Waals surface area contributed by atoms with Gasteiger partial charge in [-0.3, -0.25) is 5.43 Å². The van der Waals surface area contributed by atoms with E-state index in [0.717, 1.165) is 0 Å². The van der Waals surface area contributed by atoms with Crippen LogP contribution in [0.2, 0.25) is 0 Å². The number of ether oxygens (including phenoxy) is 1. The van der Waals surface area contributed by atoms with Crippen LogP contribution in [0.4, 0.5) is 11.9 Å². The van der Waals surface area contributed by atoms with E-state index < -0.39 is 0 Å². The molecule has 0 bridgehead atoms. The zero-order chi connectivity index (χ0) is 8.97. The quantitative estimate of drug-likeness (QED) is 0.399. The number of nitrogens with zero attached hydrogens (tertiary/aromatic N) is 3. The second kappa shape index (κ2) is 3.67. The Bertz CT molecular complexity index is 264. The van der Waals surface area contributed by atoms with Crippen LogP contribution in [0.3, 0.4) is 0 Å². The lowest BCUT2D eigenvalue weighted by atomic mass is 10.8. The van der Waals surface area contributed by atoms with Crippen molar-refractivity contribution in [3.05, 3.63) is 0 Å². The fourth-order valence-corrected chi connectivity index (χ4v) is 0.630. The molecule has 5 N–H and O–H groups in total. The second-order valence-corrected chi connectivity index (χ2v) is 1.88. The molecule has 0 aliphatic heterocycles. The van der Waals surface area contributed by atoms with Crippen LogP contribution in [0.1, 0.15) is 6.92 Å². The van der Waals surface area contributed by atoms with Crippen LogP contribution in [0.25, 0.3) is 0 Å². The minimum absolute atomic E-state index is 0.0707. The Hall–Kier alpha value is -1.63. The van der Waals surface area contributed by atoms with Gasteiger partial charge in [-0.2, -0.15) is 15.0 Å². The molecule has 0 spiro atoms. The summed E-state index contributed by atoms with van der Waals surface area (Å²) in [6.45, 7) is 2.28. The van der Waals surface area contributed by atoms with Crippen molar-refractivity contribution in [1.82, 2.24) is 15.0 Å². The molecule has 12 heavy (non-hydrogen) atoms. The molecule has 1 aromatic rings. The lowest BCUT2D eigenvalue weighted by Crippen LogP contribution is -2.13. The molecular weight excluding hydrogens is 160 g/mol. The molecule has 7 nitrogen and oxygen atoms in total. The van der Waals surface area contributed by atoms with E-state index in [2.05, 4.69) is 20.4 Å². The first-order chi connectivity index (χ1) is 5.76. The third-order valence-corrected chi connectivity index (χ3v) is 1.03. The number of nitrogen functional groups attached to an aromatic ring is 2. The maximum absolute atomic E-state index is 5.33. The highest BCUT2D eigenvalue weighted by Gasteiger charge is 2.02. The van der Waals surface area contributed by atoms with Crippen LogP contribution in [-0.4, -0.2) is 21.6 Å². The molecule has 66 valence electrons. The zero-order valence-electron chi connectivity index (χ0n) is 6.61. The maximum Gasteiger partial charge on any atom is 0.323 e. The molecule has 0 saturated heterocycles. The molecule has 0 aliphatic carbocycles. The largest absolute Gasteiger partial charge is 0.464 e. The van der Waals surface area contributed by atoms with Crippen LogP contribution < -0.4 is 21.7 Å². The van der Waals surface area contributed by atoms with Gasteiger partial charge in [0.1, 0.15) is 0 Å². The molecular formula is C5H10N6O. The number of hydrogen-bond donors (Lipinski definition) is 3. The summed E-state index contributed by atoms with van der Waals surface area (Å²) in [5, 5.41) is 0. The normalized spacial score (nSPS) is 9.50. The molecule has 0 aromatic carbocycles. The number of anilines is 2. The third kappa shape index (κ3) is 1.92. The molecule has 1 rings (SSSR count). The number of hydrazine groups is 1. The summed E-state index contributed by atoms with van der Waals surface area (Å²) >= 11 is 0. The Kier molecular flexibility index (Phi) is 2.59. The SMILES string of the molecule is CCOc1nc(N)nc(NN)n1. The highest BCUT2D eigenvalue weighted by Crippen LogP contribution is 2.06. The summed E-state index contributed by atoms with van der Waals surface area (Å²) < 4.78 is 4.99. The minimum Gasteiger partial charge on any atom is -0.464 e. The van der Waals surface area contributed by atoms with Crippen LogP contribution in [0, 0.1) is 0 Å². The number of rotatable bonds is 3. The van der Waals surface area contributed by atoms with Crippen molar-refractivity contribution in [2.45, 2.75) is 6.92 Å². The Labute approximate surface area is 69.1 Å². The Morgan fingerprint density at radius 1 is 1.42 bits per heavy atom. The Balaban J connectivity index is 2.90. The van der Waals surface area contributed by atoms with Crippen molar-refractivity contribution >= 4 is 11.9 Å². The van der Waals surface area contributed by atoms with E-state index in [1.807, 2.05) is 6.92 Å². The lowest BCUT2D eigenvalue weighted by Gasteiger charge is -2.02. The van der Waals surface area contributed by atoms with E-state index in [1.165, 1.54) is 0 Å². The number of aromatic nitrogens is 3. The molecule has 1 aromatic heterocycles. The van der Waals surface area contributed by atoms with Gasteiger partial charge in [0.25, 0.3) is 0 Å². The predicted octanol–water partition coefficient (Wildman–Crippen LogP) is -0.862. The molecule has 0 aliphatic rings. The fourth-order valence-electron chi connectivity index (χ4n) is 0.630. The number of hydrogen-bond acceptors (Lipinski definition) is 7. The monoisotopic (exact) mass is 170 g/mol. The van der Waals surface area contributed by atoms with Crippen molar-refractivity contribution in [2.24, 2.45) is 5.84 Å². The average Bonchev–Trinajstić information content (AvgIpc) is 2.04. The topological polar surface area (TPSA) is 112 Å². The third-order valence-electron chi connectivity index (χ3n) is 1.03. The standard InChI is InChI=1S/C5H10N6O/c1-2-12-5-9-3(6)8-4(10-5)11-7/h2,7H2,1H3,(H3,6,8,9,10,11). The van der Waals surface area contributed by atoms with Gasteiger partial charge in [0.05, 0.1) is 6.61 Å². The number of nitrogens with two attached hydrogens (primary N) is 2. The average molecular weight is 170 g/mol. The summed E-state index contributed by atoms with van der Waals surface area (Å²) in [7, 11) is 0. The van der Waals surface area contributed by atoms with Crippen LogP contribution in [0.15, 0.2) is 0 Å². The van der Waals surface area contributed by atoms with Gasteiger partial charge in [0.15, 0.2) is 0 Å². The molecule has 1 heterocycles. The van der Waals surface area contributed by atoms with Gasteiger partial charge in [0.2, 0.25) is 11.9 Å². The zero-order valence-corrected chi connectivity index (χ0v) is 6.61. The maximum atomic E-state index is 5.33. The molecule has 0 saturated carbocycles. The van der Waals surface area contributed by atoms with Gasteiger partial charge in [-0.05, 0) is 6.92 Å². The van der Waals surface area contributed by atoms with E-state index in [0.29, 0.717) is 6.61 Å². The van der Waals surface area contributed by atoms with Gasteiger partial charge in [-0.25, -0.2) is 5.84 Å². The Morgan fingerprint density at radius 3 is 2.75 bits per heavy atom. The first-order valence-electron chi connectivity index (χ1n) is 3.37. The number of nitrogens with one attached hydrogen (secondary N) is 1. The molecule has 0 amide bonds. The highest BCUT2D eigenvalue weighted by molar-refractivity contribution is 5.30. The first kappa shape index (κ1) is 8.47.